The summed E-state index contributed by atoms with van der Waals surface area (Å²) in [6.07, 6.45) is 1.87. The fourth-order valence-electron chi connectivity index (χ4n) is 1.86. The van der Waals surface area contributed by atoms with E-state index in [9.17, 15) is 9.90 Å². The zero-order chi connectivity index (χ0) is 14.5. The van der Waals surface area contributed by atoms with Crippen LogP contribution in [-0.2, 0) is 11.3 Å². The fourth-order valence-corrected chi connectivity index (χ4v) is 2.73. The van der Waals surface area contributed by atoms with Crippen LogP contribution in [0.3, 0.4) is 0 Å². The Hall–Kier alpha value is -1.72. The molecule has 1 heterocycles. The number of carboxylic acid groups (broad SMARTS) is 1. The Balaban J connectivity index is 2.04. The highest BCUT2D eigenvalue weighted by Gasteiger charge is 2.19. The number of hydrogen-bond donors (Lipinski definition) is 2. The molecule has 4 nitrogen and oxygen atoms in total. The zero-order valence-electron chi connectivity index (χ0n) is 11.5. The molecular formula is C15H18N2O2S. The molecule has 0 radical (unpaired) electrons. The van der Waals surface area contributed by atoms with Crippen LogP contribution in [0, 0.1) is 0 Å². The van der Waals surface area contributed by atoms with Crippen LogP contribution in [0.25, 0.3) is 0 Å². The third-order valence-electron chi connectivity index (χ3n) is 2.98. The zero-order valence-corrected chi connectivity index (χ0v) is 12.4. The van der Waals surface area contributed by atoms with Crippen molar-refractivity contribution in [2.75, 3.05) is 0 Å². The van der Waals surface area contributed by atoms with Gasteiger partial charge in [-0.25, -0.2) is 4.98 Å². The van der Waals surface area contributed by atoms with Gasteiger partial charge in [0, 0.05) is 17.6 Å². The Kier molecular flexibility index (Phi) is 4.87. The van der Waals surface area contributed by atoms with Crippen molar-refractivity contribution in [1.29, 1.82) is 0 Å². The lowest BCUT2D eigenvalue weighted by molar-refractivity contribution is -0.139. The molecule has 106 valence electrons. The van der Waals surface area contributed by atoms with E-state index in [4.69, 9.17) is 0 Å². The Morgan fingerprint density at radius 1 is 1.35 bits per heavy atom. The molecule has 0 saturated carbocycles. The molecule has 1 aromatic carbocycles. The molecule has 0 bridgehead atoms. The van der Waals surface area contributed by atoms with Gasteiger partial charge in [-0.1, -0.05) is 44.2 Å². The number of carbonyl (C=O) groups is 1. The number of nitrogens with one attached hydrogen (secondary N) is 1. The number of aliphatic carboxylic acids is 1. The molecule has 0 aliphatic rings. The van der Waals surface area contributed by atoms with Crippen molar-refractivity contribution in [2.24, 2.45) is 0 Å². The first-order valence-corrected chi connectivity index (χ1v) is 7.35. The maximum Gasteiger partial charge on any atom is 0.325 e. The largest absolute Gasteiger partial charge is 0.480 e. The predicted octanol–water partition coefficient (Wildman–Crippen LogP) is 3.18. The average molecular weight is 290 g/mol. The maximum absolute atomic E-state index is 11.4. The van der Waals surface area contributed by atoms with E-state index in [0.29, 0.717) is 12.5 Å². The van der Waals surface area contributed by atoms with Crippen molar-refractivity contribution >= 4 is 17.3 Å². The Labute approximate surface area is 122 Å². The summed E-state index contributed by atoms with van der Waals surface area (Å²) >= 11 is 1.62. The number of rotatable bonds is 6. The Morgan fingerprint density at radius 3 is 2.60 bits per heavy atom. The van der Waals surface area contributed by atoms with Crippen molar-refractivity contribution < 1.29 is 9.90 Å². The van der Waals surface area contributed by atoms with Crippen LogP contribution in [0.2, 0.25) is 0 Å². The van der Waals surface area contributed by atoms with Crippen molar-refractivity contribution in [2.45, 2.75) is 32.4 Å². The van der Waals surface area contributed by atoms with Gasteiger partial charge in [-0.3, -0.25) is 10.1 Å². The van der Waals surface area contributed by atoms with Crippen molar-refractivity contribution in [1.82, 2.24) is 10.3 Å². The first-order chi connectivity index (χ1) is 9.58. The third-order valence-corrected chi connectivity index (χ3v) is 4.28. The SMILES string of the molecule is CC(C)c1cnc(CN[C@H](C(=O)O)c2ccccc2)s1. The molecule has 0 unspecified atom stereocenters. The van der Waals surface area contributed by atoms with Gasteiger partial charge in [0.1, 0.15) is 11.0 Å². The van der Waals surface area contributed by atoms with Gasteiger partial charge in [-0.2, -0.15) is 0 Å². The van der Waals surface area contributed by atoms with Gasteiger partial charge in [-0.05, 0) is 11.5 Å². The van der Waals surface area contributed by atoms with Crippen LogP contribution in [-0.4, -0.2) is 16.1 Å². The topological polar surface area (TPSA) is 62.2 Å². The third kappa shape index (κ3) is 3.65. The molecule has 5 heteroatoms. The minimum atomic E-state index is -0.878. The Morgan fingerprint density at radius 2 is 2.05 bits per heavy atom. The smallest absolute Gasteiger partial charge is 0.325 e. The lowest BCUT2D eigenvalue weighted by Crippen LogP contribution is -2.27. The minimum Gasteiger partial charge on any atom is -0.480 e. The van der Waals surface area contributed by atoms with E-state index in [1.54, 1.807) is 11.3 Å². The summed E-state index contributed by atoms with van der Waals surface area (Å²) in [5, 5.41) is 13.3. The highest BCUT2D eigenvalue weighted by atomic mass is 32.1. The molecule has 0 saturated heterocycles. The van der Waals surface area contributed by atoms with E-state index in [1.165, 1.54) is 4.88 Å². The molecule has 0 amide bonds. The maximum atomic E-state index is 11.4. The molecule has 0 spiro atoms. The van der Waals surface area contributed by atoms with Crippen LogP contribution in [0.5, 0.6) is 0 Å². The van der Waals surface area contributed by atoms with Crippen molar-refractivity contribution in [3.05, 3.63) is 52.0 Å². The van der Waals surface area contributed by atoms with Gasteiger partial charge in [0.25, 0.3) is 0 Å². The first-order valence-electron chi connectivity index (χ1n) is 6.53. The number of aromatic nitrogens is 1. The van der Waals surface area contributed by atoms with Gasteiger partial charge in [-0.15, -0.1) is 11.3 Å². The predicted molar refractivity (Wildman–Crippen MR) is 79.9 cm³/mol. The van der Waals surface area contributed by atoms with E-state index in [0.717, 1.165) is 10.6 Å². The quantitative estimate of drug-likeness (QED) is 0.857. The highest BCUT2D eigenvalue weighted by molar-refractivity contribution is 7.11. The molecule has 0 fully saturated rings. The lowest BCUT2D eigenvalue weighted by atomic mass is 10.1. The van der Waals surface area contributed by atoms with E-state index in [1.807, 2.05) is 36.5 Å². The van der Waals surface area contributed by atoms with Gasteiger partial charge < -0.3 is 5.11 Å². The number of carboxylic acids is 1. The van der Waals surface area contributed by atoms with Gasteiger partial charge in [0.05, 0.1) is 0 Å². The molecule has 0 aliphatic heterocycles. The monoisotopic (exact) mass is 290 g/mol. The van der Waals surface area contributed by atoms with Crippen LogP contribution >= 0.6 is 11.3 Å². The molecule has 2 N–H and O–H groups in total. The number of nitrogens with zero attached hydrogens (tertiary/aromatic N) is 1. The molecule has 1 atom stereocenters. The number of thiazole rings is 1. The first kappa shape index (κ1) is 14.7. The summed E-state index contributed by atoms with van der Waals surface area (Å²) < 4.78 is 0. The van der Waals surface area contributed by atoms with Gasteiger partial charge >= 0.3 is 5.97 Å². The molecular weight excluding hydrogens is 272 g/mol. The molecule has 2 rings (SSSR count). The summed E-state index contributed by atoms with van der Waals surface area (Å²) in [4.78, 5) is 16.9. The molecule has 0 aliphatic carbocycles. The standard InChI is InChI=1S/C15H18N2O2S/c1-10(2)12-8-16-13(20-12)9-17-14(15(18)19)11-6-4-3-5-7-11/h3-8,10,14,17H,9H2,1-2H3,(H,18,19)/t14-/m0/s1. The van der Waals surface area contributed by atoms with E-state index in [2.05, 4.69) is 24.1 Å². The number of benzene rings is 1. The fraction of sp³-hybridized carbons (Fsp3) is 0.333. The number of hydrogen-bond acceptors (Lipinski definition) is 4. The van der Waals surface area contributed by atoms with E-state index in [-0.39, 0.29) is 0 Å². The van der Waals surface area contributed by atoms with Crippen molar-refractivity contribution in [3.8, 4) is 0 Å². The van der Waals surface area contributed by atoms with Crippen LogP contribution < -0.4 is 5.32 Å². The normalized spacial score (nSPS) is 12.6. The lowest BCUT2D eigenvalue weighted by Gasteiger charge is -2.13. The second kappa shape index (κ2) is 6.63. The van der Waals surface area contributed by atoms with Gasteiger partial charge in [0.2, 0.25) is 0 Å². The van der Waals surface area contributed by atoms with Gasteiger partial charge in [0.15, 0.2) is 0 Å². The average Bonchev–Trinajstić information content (AvgIpc) is 2.89. The Bertz CT molecular complexity index is 566. The van der Waals surface area contributed by atoms with E-state index >= 15 is 0 Å². The van der Waals surface area contributed by atoms with Crippen LogP contribution in [0.15, 0.2) is 36.5 Å². The highest BCUT2D eigenvalue weighted by Crippen LogP contribution is 2.22. The van der Waals surface area contributed by atoms with E-state index < -0.39 is 12.0 Å². The molecule has 1 aromatic heterocycles. The summed E-state index contributed by atoms with van der Waals surface area (Å²) in [5.74, 6) is -0.428. The summed E-state index contributed by atoms with van der Waals surface area (Å²) in [7, 11) is 0. The summed E-state index contributed by atoms with van der Waals surface area (Å²) in [6.45, 7) is 4.70. The van der Waals surface area contributed by atoms with Crippen LogP contribution in [0.1, 0.15) is 41.3 Å². The van der Waals surface area contributed by atoms with Crippen molar-refractivity contribution in [3.63, 3.8) is 0 Å². The second-order valence-electron chi connectivity index (χ2n) is 4.87. The summed E-state index contributed by atoms with van der Waals surface area (Å²) in [5.41, 5.74) is 0.751. The second-order valence-corrected chi connectivity index (χ2v) is 6.02. The molecule has 2 aromatic rings. The minimum absolute atomic E-state index is 0.450. The molecule has 20 heavy (non-hydrogen) atoms. The summed E-state index contributed by atoms with van der Waals surface area (Å²) in [6, 6.07) is 8.47. The van der Waals surface area contributed by atoms with Crippen LogP contribution in [0.4, 0.5) is 0 Å².